The van der Waals surface area contributed by atoms with Gasteiger partial charge in [0.25, 0.3) is 0 Å². The van der Waals surface area contributed by atoms with Crippen LogP contribution in [0.3, 0.4) is 0 Å². The molecule has 124 valence electrons. The van der Waals surface area contributed by atoms with Gasteiger partial charge in [-0.15, -0.1) is 0 Å². The van der Waals surface area contributed by atoms with Crippen molar-refractivity contribution in [3.8, 4) is 6.07 Å². The number of hydrogen-bond acceptors (Lipinski definition) is 5. The minimum absolute atomic E-state index is 0.190. The highest BCUT2D eigenvalue weighted by Gasteiger charge is 2.31. The molecule has 0 unspecified atom stereocenters. The average molecular weight is 320 g/mol. The van der Waals surface area contributed by atoms with Gasteiger partial charge in [0.05, 0.1) is 23.3 Å². The molecule has 0 amide bonds. The Bertz CT molecular complexity index is 568. The van der Waals surface area contributed by atoms with Crippen LogP contribution in [0.25, 0.3) is 0 Å². The quantitative estimate of drug-likeness (QED) is 0.774. The Morgan fingerprint density at radius 3 is 1.96 bits per heavy atom. The molecule has 1 aromatic rings. The van der Waals surface area contributed by atoms with Crippen LogP contribution in [-0.4, -0.2) is 40.9 Å². The smallest absolute Gasteiger partial charge is 0.336 e. The van der Waals surface area contributed by atoms with Gasteiger partial charge in [0.15, 0.2) is 0 Å². The van der Waals surface area contributed by atoms with Gasteiger partial charge >= 0.3 is 11.9 Å². The molecule has 1 aliphatic rings. The van der Waals surface area contributed by atoms with Gasteiger partial charge < -0.3 is 20.7 Å². The standard InChI is InChI=1S/C8H14N2O.C8H6O4/c1-11-7-2-4-8(10,6-9)5-3-7;9-7(10)5-3-1-2-4-6(5)8(11)12/h7H,2-5,10H2,1H3;1-4H,(H,9,10)(H,11,12). The third kappa shape index (κ3) is 5.36. The largest absolute Gasteiger partial charge is 0.478 e. The molecular weight excluding hydrogens is 300 g/mol. The van der Waals surface area contributed by atoms with E-state index in [0.29, 0.717) is 6.10 Å². The fourth-order valence-corrected chi connectivity index (χ4v) is 2.31. The predicted molar refractivity (Wildman–Crippen MR) is 82.2 cm³/mol. The zero-order valence-corrected chi connectivity index (χ0v) is 12.9. The second-order valence-electron chi connectivity index (χ2n) is 5.36. The van der Waals surface area contributed by atoms with Crippen molar-refractivity contribution in [1.82, 2.24) is 0 Å². The summed E-state index contributed by atoms with van der Waals surface area (Å²) >= 11 is 0. The van der Waals surface area contributed by atoms with Gasteiger partial charge in [0, 0.05) is 7.11 Å². The number of nitrogens with zero attached hydrogens (tertiary/aromatic N) is 1. The number of methoxy groups -OCH3 is 1. The zero-order chi connectivity index (χ0) is 17.5. The topological polar surface area (TPSA) is 134 Å². The van der Waals surface area contributed by atoms with Gasteiger partial charge in [0.2, 0.25) is 0 Å². The predicted octanol–water partition coefficient (Wildman–Crippen LogP) is 1.88. The summed E-state index contributed by atoms with van der Waals surface area (Å²) in [6.45, 7) is 0. The van der Waals surface area contributed by atoms with Crippen molar-refractivity contribution in [2.75, 3.05) is 7.11 Å². The Labute approximate surface area is 134 Å². The summed E-state index contributed by atoms with van der Waals surface area (Å²) in [5.74, 6) is -2.46. The van der Waals surface area contributed by atoms with E-state index in [2.05, 4.69) is 6.07 Å². The third-order valence-electron chi connectivity index (χ3n) is 3.77. The van der Waals surface area contributed by atoms with Crippen LogP contribution in [0.2, 0.25) is 0 Å². The molecule has 1 fully saturated rings. The van der Waals surface area contributed by atoms with Gasteiger partial charge in [0.1, 0.15) is 5.54 Å². The second-order valence-corrected chi connectivity index (χ2v) is 5.36. The molecule has 0 saturated heterocycles. The van der Waals surface area contributed by atoms with Crippen LogP contribution in [0, 0.1) is 11.3 Å². The molecule has 7 nitrogen and oxygen atoms in total. The summed E-state index contributed by atoms with van der Waals surface area (Å²) in [5, 5.41) is 25.8. The fourth-order valence-electron chi connectivity index (χ4n) is 2.31. The molecule has 1 saturated carbocycles. The molecule has 0 atom stereocenters. The van der Waals surface area contributed by atoms with Crippen LogP contribution in [0.1, 0.15) is 46.4 Å². The summed E-state index contributed by atoms with van der Waals surface area (Å²) < 4.78 is 5.16. The summed E-state index contributed by atoms with van der Waals surface area (Å²) in [5.41, 5.74) is 4.80. The van der Waals surface area contributed by atoms with E-state index in [1.165, 1.54) is 24.3 Å². The lowest BCUT2D eigenvalue weighted by Gasteiger charge is -2.30. The SMILES string of the molecule is COC1CCC(N)(C#N)CC1.O=C(O)c1ccccc1C(=O)O. The van der Waals surface area contributed by atoms with E-state index in [9.17, 15) is 9.59 Å². The van der Waals surface area contributed by atoms with Crippen LogP contribution < -0.4 is 5.73 Å². The van der Waals surface area contributed by atoms with Gasteiger partial charge in [-0.05, 0) is 37.8 Å². The van der Waals surface area contributed by atoms with E-state index in [1.54, 1.807) is 7.11 Å². The van der Waals surface area contributed by atoms with E-state index in [4.69, 9.17) is 25.9 Å². The average Bonchev–Trinajstić information content (AvgIpc) is 2.56. The Morgan fingerprint density at radius 2 is 1.65 bits per heavy atom. The molecule has 0 aromatic heterocycles. The Kier molecular flexibility index (Phi) is 6.69. The molecule has 23 heavy (non-hydrogen) atoms. The number of nitriles is 1. The first-order chi connectivity index (χ1) is 10.8. The number of carboxylic acid groups (broad SMARTS) is 2. The lowest BCUT2D eigenvalue weighted by atomic mass is 9.82. The molecule has 7 heteroatoms. The van der Waals surface area contributed by atoms with Crippen LogP contribution in [0.5, 0.6) is 0 Å². The molecule has 1 aliphatic carbocycles. The van der Waals surface area contributed by atoms with Crippen molar-refractivity contribution in [2.45, 2.75) is 37.3 Å². The molecule has 0 bridgehead atoms. The second kappa shape index (κ2) is 8.27. The maximum absolute atomic E-state index is 10.5. The van der Waals surface area contributed by atoms with Gasteiger partial charge in [-0.1, -0.05) is 12.1 Å². The number of nitrogens with two attached hydrogens (primary N) is 1. The normalized spacial score (nSPS) is 23.1. The maximum atomic E-state index is 10.5. The van der Waals surface area contributed by atoms with Crippen LogP contribution >= 0.6 is 0 Å². The molecular formula is C16H20N2O5. The van der Waals surface area contributed by atoms with E-state index in [-0.39, 0.29) is 11.1 Å². The molecule has 0 heterocycles. The maximum Gasteiger partial charge on any atom is 0.336 e. The van der Waals surface area contributed by atoms with Gasteiger partial charge in [-0.25, -0.2) is 9.59 Å². The Morgan fingerprint density at radius 1 is 1.22 bits per heavy atom. The van der Waals surface area contributed by atoms with Crippen molar-refractivity contribution in [1.29, 1.82) is 5.26 Å². The first kappa shape index (κ1) is 18.6. The molecule has 2 rings (SSSR count). The molecule has 0 aliphatic heterocycles. The van der Waals surface area contributed by atoms with Gasteiger partial charge in [-0.2, -0.15) is 5.26 Å². The number of rotatable bonds is 3. The Hall–Kier alpha value is -2.43. The summed E-state index contributed by atoms with van der Waals surface area (Å²) in [6.07, 6.45) is 3.69. The third-order valence-corrected chi connectivity index (χ3v) is 3.77. The lowest BCUT2D eigenvalue weighted by molar-refractivity contribution is 0.0585. The molecule has 1 aromatic carbocycles. The minimum atomic E-state index is -1.23. The highest BCUT2D eigenvalue weighted by atomic mass is 16.5. The van der Waals surface area contributed by atoms with Crippen molar-refractivity contribution in [3.63, 3.8) is 0 Å². The highest BCUT2D eigenvalue weighted by molar-refractivity contribution is 6.01. The van der Waals surface area contributed by atoms with Crippen molar-refractivity contribution >= 4 is 11.9 Å². The first-order valence-corrected chi connectivity index (χ1v) is 7.11. The number of aromatic carboxylic acids is 2. The molecule has 0 radical (unpaired) electrons. The monoisotopic (exact) mass is 320 g/mol. The van der Waals surface area contributed by atoms with Crippen LogP contribution in [-0.2, 0) is 4.74 Å². The summed E-state index contributed by atoms with van der Waals surface area (Å²) in [7, 11) is 1.71. The summed E-state index contributed by atoms with van der Waals surface area (Å²) in [4.78, 5) is 20.9. The fraction of sp³-hybridized carbons (Fsp3) is 0.438. The van der Waals surface area contributed by atoms with E-state index < -0.39 is 17.5 Å². The van der Waals surface area contributed by atoms with E-state index in [1.807, 2.05) is 0 Å². The van der Waals surface area contributed by atoms with Gasteiger partial charge in [-0.3, -0.25) is 0 Å². The van der Waals surface area contributed by atoms with Crippen LogP contribution in [0.15, 0.2) is 24.3 Å². The molecule has 0 spiro atoms. The van der Waals surface area contributed by atoms with Crippen molar-refractivity contribution in [3.05, 3.63) is 35.4 Å². The molecule has 4 N–H and O–H groups in total. The van der Waals surface area contributed by atoms with Crippen molar-refractivity contribution < 1.29 is 24.5 Å². The number of hydrogen-bond donors (Lipinski definition) is 3. The van der Waals surface area contributed by atoms with E-state index in [0.717, 1.165) is 25.7 Å². The number of ether oxygens (including phenoxy) is 1. The number of benzene rings is 1. The van der Waals surface area contributed by atoms with Crippen molar-refractivity contribution in [2.24, 2.45) is 5.73 Å². The Balaban J connectivity index is 0.000000231. The number of carboxylic acids is 2. The minimum Gasteiger partial charge on any atom is -0.478 e. The summed E-state index contributed by atoms with van der Waals surface area (Å²) in [6, 6.07) is 7.62. The zero-order valence-electron chi connectivity index (χ0n) is 12.9. The van der Waals surface area contributed by atoms with E-state index >= 15 is 0 Å². The van der Waals surface area contributed by atoms with Crippen LogP contribution in [0.4, 0.5) is 0 Å². The lowest BCUT2D eigenvalue weighted by Crippen LogP contribution is -2.43. The first-order valence-electron chi connectivity index (χ1n) is 7.11. The number of carbonyl (C=O) groups is 2. The highest BCUT2D eigenvalue weighted by Crippen LogP contribution is 2.26.